The third-order valence-corrected chi connectivity index (χ3v) is 3.92. The second kappa shape index (κ2) is 7.46. The number of hydrogen-bond donors (Lipinski definition) is 0. The zero-order valence-electron chi connectivity index (χ0n) is 13.2. The summed E-state index contributed by atoms with van der Waals surface area (Å²) < 4.78 is 0. The van der Waals surface area contributed by atoms with Crippen molar-refractivity contribution >= 4 is 5.70 Å². The highest BCUT2D eigenvalue weighted by Crippen LogP contribution is 2.22. The van der Waals surface area contributed by atoms with Gasteiger partial charge in [-0.15, -0.1) is 0 Å². The first-order chi connectivity index (χ1) is 11.3. The minimum atomic E-state index is 0.851. The van der Waals surface area contributed by atoms with Crippen LogP contribution in [-0.4, -0.2) is 4.90 Å². The Balaban J connectivity index is 1.85. The van der Waals surface area contributed by atoms with Crippen molar-refractivity contribution in [1.82, 2.24) is 4.90 Å². The lowest BCUT2D eigenvalue weighted by molar-refractivity contribution is 0.384. The fourth-order valence-electron chi connectivity index (χ4n) is 2.67. The molecule has 1 nitrogen and oxygen atoms in total. The quantitative estimate of drug-likeness (QED) is 0.592. The molecule has 0 saturated carbocycles. The van der Waals surface area contributed by atoms with Gasteiger partial charge in [-0.05, 0) is 16.7 Å². The predicted octanol–water partition coefficient (Wildman–Crippen LogP) is 5.36. The van der Waals surface area contributed by atoms with Crippen LogP contribution in [0.1, 0.15) is 16.7 Å². The van der Waals surface area contributed by atoms with Crippen molar-refractivity contribution < 1.29 is 0 Å². The van der Waals surface area contributed by atoms with Gasteiger partial charge in [0, 0.05) is 18.8 Å². The average Bonchev–Trinajstić information content (AvgIpc) is 2.63. The van der Waals surface area contributed by atoms with Crippen molar-refractivity contribution in [2.75, 3.05) is 0 Å². The SMILES string of the molecule is C=C(c1ccccc1)N(Cc1ccccc1)Cc1ccccc1. The number of benzene rings is 3. The van der Waals surface area contributed by atoms with Crippen molar-refractivity contribution in [3.63, 3.8) is 0 Å². The Bertz CT molecular complexity index is 691. The minimum absolute atomic E-state index is 0.851. The van der Waals surface area contributed by atoms with Crippen LogP contribution in [0.4, 0.5) is 0 Å². The van der Waals surface area contributed by atoms with E-state index in [2.05, 4.69) is 96.4 Å². The molecule has 3 aromatic carbocycles. The van der Waals surface area contributed by atoms with Crippen LogP contribution in [0, 0.1) is 0 Å². The topological polar surface area (TPSA) is 3.24 Å². The molecule has 3 rings (SSSR count). The van der Waals surface area contributed by atoms with Gasteiger partial charge in [-0.25, -0.2) is 0 Å². The van der Waals surface area contributed by atoms with Gasteiger partial charge in [0.2, 0.25) is 0 Å². The summed E-state index contributed by atoms with van der Waals surface area (Å²) in [5, 5.41) is 0. The Morgan fingerprint density at radius 2 is 1.00 bits per heavy atom. The monoisotopic (exact) mass is 299 g/mol. The van der Waals surface area contributed by atoms with Crippen molar-refractivity contribution in [3.8, 4) is 0 Å². The Morgan fingerprint density at radius 1 is 0.609 bits per heavy atom. The van der Waals surface area contributed by atoms with Gasteiger partial charge < -0.3 is 4.90 Å². The molecule has 0 amide bonds. The average molecular weight is 299 g/mol. The Kier molecular flexibility index (Phi) is 4.90. The Labute approximate surface area is 138 Å². The molecule has 0 N–H and O–H groups in total. The number of hydrogen-bond acceptors (Lipinski definition) is 1. The number of nitrogens with zero attached hydrogens (tertiary/aromatic N) is 1. The molecule has 0 aliphatic rings. The van der Waals surface area contributed by atoms with Crippen LogP contribution in [0.15, 0.2) is 97.6 Å². The molecule has 0 atom stereocenters. The van der Waals surface area contributed by atoms with Crippen molar-refractivity contribution in [3.05, 3.63) is 114 Å². The molecule has 0 heterocycles. The lowest BCUT2D eigenvalue weighted by Crippen LogP contribution is -2.20. The molecular formula is C22H21N. The van der Waals surface area contributed by atoms with Crippen LogP contribution < -0.4 is 0 Å². The van der Waals surface area contributed by atoms with Crippen molar-refractivity contribution in [2.24, 2.45) is 0 Å². The van der Waals surface area contributed by atoms with Crippen LogP contribution in [0.2, 0.25) is 0 Å². The highest BCUT2D eigenvalue weighted by Gasteiger charge is 2.11. The van der Waals surface area contributed by atoms with Gasteiger partial charge >= 0.3 is 0 Å². The first kappa shape index (κ1) is 15.1. The van der Waals surface area contributed by atoms with Crippen molar-refractivity contribution in [2.45, 2.75) is 13.1 Å². The van der Waals surface area contributed by atoms with Crippen LogP contribution in [-0.2, 0) is 13.1 Å². The minimum Gasteiger partial charge on any atom is -0.363 e. The van der Waals surface area contributed by atoms with Crippen LogP contribution >= 0.6 is 0 Å². The van der Waals surface area contributed by atoms with Crippen LogP contribution in [0.25, 0.3) is 5.70 Å². The lowest BCUT2D eigenvalue weighted by atomic mass is 10.1. The molecule has 114 valence electrons. The number of rotatable bonds is 6. The Hall–Kier alpha value is -2.80. The van der Waals surface area contributed by atoms with E-state index in [1.807, 2.05) is 6.07 Å². The molecule has 0 aromatic heterocycles. The van der Waals surface area contributed by atoms with Crippen LogP contribution in [0.3, 0.4) is 0 Å². The molecular weight excluding hydrogens is 278 g/mol. The van der Waals surface area contributed by atoms with E-state index >= 15 is 0 Å². The van der Waals surface area contributed by atoms with E-state index < -0.39 is 0 Å². The first-order valence-corrected chi connectivity index (χ1v) is 7.90. The standard InChI is InChI=1S/C22H21N/c1-19(22-15-9-4-10-16-22)23(17-20-11-5-2-6-12-20)18-21-13-7-3-8-14-21/h2-16H,1,17-18H2. The van der Waals surface area contributed by atoms with E-state index in [0.29, 0.717) is 0 Å². The summed E-state index contributed by atoms with van der Waals surface area (Å²) in [6.45, 7) is 6.04. The molecule has 23 heavy (non-hydrogen) atoms. The maximum absolute atomic E-state index is 4.34. The fourth-order valence-corrected chi connectivity index (χ4v) is 2.67. The largest absolute Gasteiger partial charge is 0.363 e. The van der Waals surface area contributed by atoms with Crippen LogP contribution in [0.5, 0.6) is 0 Å². The second-order valence-electron chi connectivity index (χ2n) is 5.64. The zero-order valence-corrected chi connectivity index (χ0v) is 13.2. The van der Waals surface area contributed by atoms with E-state index in [-0.39, 0.29) is 0 Å². The molecule has 0 fully saturated rings. The molecule has 0 spiro atoms. The molecule has 0 aliphatic heterocycles. The van der Waals surface area contributed by atoms with Crippen molar-refractivity contribution in [1.29, 1.82) is 0 Å². The predicted molar refractivity (Wildman–Crippen MR) is 97.6 cm³/mol. The summed E-state index contributed by atoms with van der Waals surface area (Å²) in [4.78, 5) is 2.33. The van der Waals surface area contributed by atoms with Gasteiger partial charge in [0.15, 0.2) is 0 Å². The summed E-state index contributed by atoms with van der Waals surface area (Å²) in [5.74, 6) is 0. The summed E-state index contributed by atoms with van der Waals surface area (Å²) in [7, 11) is 0. The normalized spacial score (nSPS) is 10.3. The fraction of sp³-hybridized carbons (Fsp3) is 0.0909. The highest BCUT2D eigenvalue weighted by atomic mass is 15.1. The summed E-state index contributed by atoms with van der Waals surface area (Å²) in [6.07, 6.45) is 0. The lowest BCUT2D eigenvalue weighted by Gasteiger charge is -2.27. The van der Waals surface area contributed by atoms with E-state index in [0.717, 1.165) is 18.8 Å². The van der Waals surface area contributed by atoms with E-state index in [4.69, 9.17) is 0 Å². The molecule has 0 saturated heterocycles. The Morgan fingerprint density at radius 3 is 1.43 bits per heavy atom. The summed E-state index contributed by atoms with van der Waals surface area (Å²) in [5.41, 5.74) is 4.80. The van der Waals surface area contributed by atoms with Gasteiger partial charge in [0.1, 0.15) is 0 Å². The van der Waals surface area contributed by atoms with Gasteiger partial charge in [-0.3, -0.25) is 0 Å². The van der Waals surface area contributed by atoms with E-state index in [1.165, 1.54) is 16.7 Å². The maximum atomic E-state index is 4.34. The second-order valence-corrected chi connectivity index (χ2v) is 5.64. The van der Waals surface area contributed by atoms with Gasteiger partial charge in [0.05, 0.1) is 0 Å². The third kappa shape index (κ3) is 4.10. The van der Waals surface area contributed by atoms with Gasteiger partial charge in [0.25, 0.3) is 0 Å². The summed E-state index contributed by atoms with van der Waals surface area (Å²) in [6, 6.07) is 31.5. The van der Waals surface area contributed by atoms with E-state index in [1.54, 1.807) is 0 Å². The smallest absolute Gasteiger partial charge is 0.0433 e. The van der Waals surface area contributed by atoms with Gasteiger partial charge in [-0.2, -0.15) is 0 Å². The maximum Gasteiger partial charge on any atom is 0.0433 e. The first-order valence-electron chi connectivity index (χ1n) is 7.90. The summed E-state index contributed by atoms with van der Waals surface area (Å²) >= 11 is 0. The van der Waals surface area contributed by atoms with E-state index in [9.17, 15) is 0 Å². The molecule has 0 aliphatic carbocycles. The molecule has 1 heteroatoms. The molecule has 3 aromatic rings. The molecule has 0 radical (unpaired) electrons. The van der Waals surface area contributed by atoms with Gasteiger partial charge in [-0.1, -0.05) is 97.6 Å². The highest BCUT2D eigenvalue weighted by molar-refractivity contribution is 5.61. The zero-order chi connectivity index (χ0) is 15.9. The molecule has 0 unspecified atom stereocenters. The molecule has 0 bridgehead atoms. The third-order valence-electron chi connectivity index (χ3n) is 3.92.